The van der Waals surface area contributed by atoms with Crippen molar-refractivity contribution in [3.05, 3.63) is 60.1 Å². The summed E-state index contributed by atoms with van der Waals surface area (Å²) in [6, 6.07) is 16.6. The Morgan fingerprint density at radius 2 is 1.71 bits per heavy atom. The molecule has 0 spiro atoms. The van der Waals surface area contributed by atoms with Crippen LogP contribution >= 0.6 is 0 Å². The second-order valence-electron chi connectivity index (χ2n) is 10.6. The van der Waals surface area contributed by atoms with Gasteiger partial charge in [0.2, 0.25) is 11.8 Å². The van der Waals surface area contributed by atoms with Crippen LogP contribution in [0.3, 0.4) is 0 Å². The third-order valence-electron chi connectivity index (χ3n) is 8.03. The standard InChI is InChI=1S/C30H31FN4O3/c31-22-9-5-21(6-10-22)29-33-26(20-7-11-23(12-8-20)35-15-17-37-18-16-35)27(38-29)24-3-1-2-4-25(24)28(36)34-30(19-32)13-14-30/h5-12,24-25H,1-4,13-18H2,(H,34,36)/t24-,25-/m1/s1. The van der Waals surface area contributed by atoms with Gasteiger partial charge < -0.3 is 19.4 Å². The zero-order chi connectivity index (χ0) is 26.1. The van der Waals surface area contributed by atoms with Crippen LogP contribution in [0.4, 0.5) is 10.1 Å². The van der Waals surface area contributed by atoms with Crippen molar-refractivity contribution in [2.24, 2.45) is 5.92 Å². The summed E-state index contributed by atoms with van der Waals surface area (Å²) in [7, 11) is 0. The number of anilines is 1. The van der Waals surface area contributed by atoms with Gasteiger partial charge in [0.15, 0.2) is 0 Å². The molecule has 2 aliphatic carbocycles. The number of ether oxygens (including phenoxy) is 1. The van der Waals surface area contributed by atoms with Gasteiger partial charge in [-0.3, -0.25) is 4.79 Å². The smallest absolute Gasteiger partial charge is 0.226 e. The van der Waals surface area contributed by atoms with Gasteiger partial charge in [-0.2, -0.15) is 5.26 Å². The highest BCUT2D eigenvalue weighted by atomic mass is 19.1. The number of hydrogen-bond donors (Lipinski definition) is 1. The fourth-order valence-corrected chi connectivity index (χ4v) is 5.63. The monoisotopic (exact) mass is 514 g/mol. The van der Waals surface area contributed by atoms with E-state index in [4.69, 9.17) is 14.1 Å². The van der Waals surface area contributed by atoms with E-state index >= 15 is 0 Å². The predicted molar refractivity (Wildman–Crippen MR) is 141 cm³/mol. The topological polar surface area (TPSA) is 91.4 Å². The molecule has 2 atom stereocenters. The maximum absolute atomic E-state index is 13.6. The van der Waals surface area contributed by atoms with Crippen LogP contribution in [0.25, 0.3) is 22.7 Å². The molecule has 196 valence electrons. The summed E-state index contributed by atoms with van der Waals surface area (Å²) in [5.74, 6) is 0.235. The number of carbonyl (C=O) groups is 1. The molecule has 2 aromatic carbocycles. The third kappa shape index (κ3) is 4.91. The lowest BCUT2D eigenvalue weighted by atomic mass is 9.76. The minimum Gasteiger partial charge on any atom is -0.440 e. The number of carbonyl (C=O) groups excluding carboxylic acids is 1. The number of nitriles is 1. The molecule has 7 nitrogen and oxygen atoms in total. The molecule has 1 amide bonds. The fraction of sp³-hybridized carbons (Fsp3) is 0.433. The summed E-state index contributed by atoms with van der Waals surface area (Å²) in [5.41, 5.74) is 2.72. The Morgan fingerprint density at radius 3 is 2.39 bits per heavy atom. The molecule has 3 aliphatic rings. The van der Waals surface area contributed by atoms with Gasteiger partial charge in [0.1, 0.15) is 22.8 Å². The summed E-state index contributed by atoms with van der Waals surface area (Å²) in [4.78, 5) is 20.6. The van der Waals surface area contributed by atoms with E-state index in [-0.39, 0.29) is 23.6 Å². The van der Waals surface area contributed by atoms with Crippen LogP contribution < -0.4 is 10.2 Å². The Kier molecular flexibility index (Phi) is 6.62. The number of nitrogens with zero attached hydrogens (tertiary/aromatic N) is 3. The molecule has 1 aromatic heterocycles. The first-order valence-corrected chi connectivity index (χ1v) is 13.5. The van der Waals surface area contributed by atoms with Gasteiger partial charge >= 0.3 is 0 Å². The van der Waals surface area contributed by atoms with Crippen LogP contribution in [0.2, 0.25) is 0 Å². The van der Waals surface area contributed by atoms with Crippen molar-refractivity contribution in [1.29, 1.82) is 5.26 Å². The van der Waals surface area contributed by atoms with Crippen LogP contribution in [0.5, 0.6) is 0 Å². The number of oxazole rings is 1. The highest BCUT2D eigenvalue weighted by molar-refractivity contribution is 5.82. The summed E-state index contributed by atoms with van der Waals surface area (Å²) in [6.07, 6.45) is 4.87. The molecule has 1 saturated heterocycles. The lowest BCUT2D eigenvalue weighted by molar-refractivity contribution is -0.127. The first-order chi connectivity index (χ1) is 18.5. The molecule has 3 fully saturated rings. The third-order valence-corrected chi connectivity index (χ3v) is 8.03. The van der Waals surface area contributed by atoms with E-state index in [0.29, 0.717) is 49.0 Å². The first kappa shape index (κ1) is 24.6. The first-order valence-electron chi connectivity index (χ1n) is 13.5. The van der Waals surface area contributed by atoms with Crippen LogP contribution in [0.1, 0.15) is 50.2 Å². The van der Waals surface area contributed by atoms with Crippen molar-refractivity contribution in [2.45, 2.75) is 50.0 Å². The van der Waals surface area contributed by atoms with E-state index in [1.807, 2.05) is 12.1 Å². The molecule has 6 rings (SSSR count). The van der Waals surface area contributed by atoms with E-state index in [2.05, 4.69) is 28.4 Å². The zero-order valence-corrected chi connectivity index (χ0v) is 21.3. The molecule has 2 saturated carbocycles. The summed E-state index contributed by atoms with van der Waals surface area (Å²) in [6.45, 7) is 3.14. The van der Waals surface area contributed by atoms with Crippen LogP contribution in [-0.4, -0.2) is 42.7 Å². The Labute approximate surface area is 221 Å². The Balaban J connectivity index is 1.36. The largest absolute Gasteiger partial charge is 0.440 e. The normalized spacial score (nSPS) is 22.5. The second-order valence-corrected chi connectivity index (χ2v) is 10.6. The van der Waals surface area contributed by atoms with Gasteiger partial charge in [0, 0.05) is 41.7 Å². The average Bonchev–Trinajstić information content (AvgIpc) is 3.60. The molecule has 1 aliphatic heterocycles. The number of aromatic nitrogens is 1. The molecular weight excluding hydrogens is 483 g/mol. The Hall–Kier alpha value is -3.70. The van der Waals surface area contributed by atoms with Gasteiger partial charge in [0.25, 0.3) is 0 Å². The fourth-order valence-electron chi connectivity index (χ4n) is 5.63. The minimum atomic E-state index is -0.710. The van der Waals surface area contributed by atoms with E-state index in [9.17, 15) is 14.4 Å². The minimum absolute atomic E-state index is 0.0814. The zero-order valence-electron chi connectivity index (χ0n) is 21.3. The van der Waals surface area contributed by atoms with Crippen molar-refractivity contribution in [2.75, 3.05) is 31.2 Å². The van der Waals surface area contributed by atoms with Gasteiger partial charge in [0.05, 0.1) is 19.3 Å². The summed E-state index contributed by atoms with van der Waals surface area (Å²) >= 11 is 0. The molecule has 0 bridgehead atoms. The highest BCUT2D eigenvalue weighted by Gasteiger charge is 2.47. The van der Waals surface area contributed by atoms with Gasteiger partial charge in [-0.05, 0) is 62.1 Å². The predicted octanol–water partition coefficient (Wildman–Crippen LogP) is 5.43. The van der Waals surface area contributed by atoms with Crippen LogP contribution in [0.15, 0.2) is 52.9 Å². The van der Waals surface area contributed by atoms with Crippen molar-refractivity contribution >= 4 is 11.6 Å². The molecular formula is C30H31FN4O3. The maximum Gasteiger partial charge on any atom is 0.226 e. The van der Waals surface area contributed by atoms with Gasteiger partial charge in [-0.15, -0.1) is 0 Å². The molecule has 2 heterocycles. The van der Waals surface area contributed by atoms with Crippen LogP contribution in [-0.2, 0) is 9.53 Å². The lowest BCUT2D eigenvalue weighted by Crippen LogP contribution is -2.42. The van der Waals surface area contributed by atoms with Crippen LogP contribution in [0, 0.1) is 23.1 Å². The number of morpholine rings is 1. The summed E-state index contributed by atoms with van der Waals surface area (Å²) in [5, 5.41) is 12.5. The van der Waals surface area contributed by atoms with Crippen molar-refractivity contribution in [1.82, 2.24) is 10.3 Å². The second kappa shape index (κ2) is 10.2. The molecule has 0 unspecified atom stereocenters. The molecule has 38 heavy (non-hydrogen) atoms. The van der Waals surface area contributed by atoms with Crippen molar-refractivity contribution in [3.63, 3.8) is 0 Å². The molecule has 3 aromatic rings. The molecule has 1 N–H and O–H groups in total. The number of hydrogen-bond acceptors (Lipinski definition) is 6. The van der Waals surface area contributed by atoms with E-state index in [0.717, 1.165) is 50.0 Å². The lowest BCUT2D eigenvalue weighted by Gasteiger charge is -2.30. The SMILES string of the molecule is N#CC1(NC(=O)[C@@H]2CCCC[C@H]2c2oc(-c3ccc(F)cc3)nc2-c2ccc(N3CCOCC3)cc2)CC1. The number of benzene rings is 2. The molecule has 0 radical (unpaired) electrons. The highest BCUT2D eigenvalue weighted by Crippen LogP contribution is 2.45. The van der Waals surface area contributed by atoms with E-state index in [1.54, 1.807) is 12.1 Å². The maximum atomic E-state index is 13.6. The number of halogens is 1. The number of nitrogens with one attached hydrogen (secondary N) is 1. The van der Waals surface area contributed by atoms with Crippen molar-refractivity contribution < 1.29 is 18.3 Å². The van der Waals surface area contributed by atoms with Gasteiger partial charge in [-0.1, -0.05) is 25.0 Å². The van der Waals surface area contributed by atoms with E-state index < -0.39 is 5.54 Å². The Morgan fingerprint density at radius 1 is 1.03 bits per heavy atom. The Bertz CT molecular complexity index is 1340. The average molecular weight is 515 g/mol. The number of amides is 1. The molecule has 8 heteroatoms. The van der Waals surface area contributed by atoms with Crippen molar-refractivity contribution in [3.8, 4) is 28.8 Å². The quantitative estimate of drug-likeness (QED) is 0.472. The van der Waals surface area contributed by atoms with Gasteiger partial charge in [-0.25, -0.2) is 9.37 Å². The number of rotatable bonds is 6. The van der Waals surface area contributed by atoms with E-state index in [1.165, 1.54) is 12.1 Å². The summed E-state index contributed by atoms with van der Waals surface area (Å²) < 4.78 is 25.5.